The first-order valence-corrected chi connectivity index (χ1v) is 6.23. The van der Waals surface area contributed by atoms with Crippen LogP contribution in [0, 0.1) is 5.41 Å². The second-order valence-corrected chi connectivity index (χ2v) is 5.19. The van der Waals surface area contributed by atoms with Gasteiger partial charge in [-0.25, -0.2) is 8.78 Å². The number of hydrogen-bond donors (Lipinski definition) is 2. The van der Waals surface area contributed by atoms with Crippen molar-refractivity contribution in [3.8, 4) is 0 Å². The Kier molecular flexibility index (Phi) is 8.64. The van der Waals surface area contributed by atoms with Crippen molar-refractivity contribution in [2.24, 2.45) is 5.41 Å². The number of nitrogens with one attached hydrogen (secondary N) is 1. The number of aliphatic hydroxyl groups is 1. The van der Waals surface area contributed by atoms with Gasteiger partial charge in [0, 0.05) is 19.6 Å². The molecule has 0 saturated carbocycles. The smallest absolute Gasteiger partial charge is 0.251 e. The average molecular weight is 252 g/mol. The van der Waals surface area contributed by atoms with E-state index in [0.29, 0.717) is 13.1 Å². The van der Waals surface area contributed by atoms with E-state index in [9.17, 15) is 8.78 Å². The highest BCUT2D eigenvalue weighted by molar-refractivity contribution is 4.76. The number of alkyl halides is 2. The Morgan fingerprint density at radius 3 is 2.47 bits per heavy atom. The van der Waals surface area contributed by atoms with Crippen LogP contribution < -0.4 is 5.32 Å². The normalized spacial score (nSPS) is 12.7. The summed E-state index contributed by atoms with van der Waals surface area (Å²) in [6.07, 6.45) is -1.28. The SMILES string of the molecule is CCCNCC(C)(C)CN(CCO)CC(F)F. The van der Waals surface area contributed by atoms with Crippen molar-refractivity contribution in [2.75, 3.05) is 39.3 Å². The minimum atomic E-state index is -2.35. The van der Waals surface area contributed by atoms with Gasteiger partial charge in [0.1, 0.15) is 0 Å². The molecule has 0 spiro atoms. The number of nitrogens with zero attached hydrogens (tertiary/aromatic N) is 1. The molecule has 0 saturated heterocycles. The maximum atomic E-state index is 12.4. The van der Waals surface area contributed by atoms with Gasteiger partial charge >= 0.3 is 0 Å². The minimum Gasteiger partial charge on any atom is -0.395 e. The molecule has 0 aliphatic rings. The van der Waals surface area contributed by atoms with E-state index in [-0.39, 0.29) is 18.6 Å². The molecule has 104 valence electrons. The van der Waals surface area contributed by atoms with Crippen LogP contribution in [0.1, 0.15) is 27.2 Å². The van der Waals surface area contributed by atoms with Crippen LogP contribution in [0.25, 0.3) is 0 Å². The highest BCUT2D eigenvalue weighted by atomic mass is 19.3. The van der Waals surface area contributed by atoms with Crippen molar-refractivity contribution in [3.05, 3.63) is 0 Å². The van der Waals surface area contributed by atoms with Gasteiger partial charge < -0.3 is 10.4 Å². The number of aliphatic hydroxyl groups excluding tert-OH is 1. The Morgan fingerprint density at radius 2 is 2.00 bits per heavy atom. The maximum absolute atomic E-state index is 12.4. The topological polar surface area (TPSA) is 35.5 Å². The predicted molar refractivity (Wildman–Crippen MR) is 66.5 cm³/mol. The molecule has 0 aromatic carbocycles. The summed E-state index contributed by atoms with van der Waals surface area (Å²) in [5.74, 6) is 0. The van der Waals surface area contributed by atoms with E-state index < -0.39 is 6.43 Å². The van der Waals surface area contributed by atoms with E-state index >= 15 is 0 Å². The van der Waals surface area contributed by atoms with Gasteiger partial charge in [0.25, 0.3) is 6.43 Å². The molecule has 0 rings (SSSR count). The lowest BCUT2D eigenvalue weighted by Crippen LogP contribution is -2.43. The highest BCUT2D eigenvalue weighted by Gasteiger charge is 2.23. The van der Waals surface area contributed by atoms with Gasteiger partial charge in [0.2, 0.25) is 0 Å². The lowest BCUT2D eigenvalue weighted by molar-refractivity contribution is 0.0579. The Bertz CT molecular complexity index is 189. The Hall–Kier alpha value is -0.260. The molecular formula is C12H26F2N2O. The fourth-order valence-electron chi connectivity index (χ4n) is 1.84. The second-order valence-electron chi connectivity index (χ2n) is 5.19. The molecule has 2 N–H and O–H groups in total. The zero-order chi connectivity index (χ0) is 13.3. The highest BCUT2D eigenvalue weighted by Crippen LogP contribution is 2.16. The maximum Gasteiger partial charge on any atom is 0.251 e. The summed E-state index contributed by atoms with van der Waals surface area (Å²) >= 11 is 0. The summed E-state index contributed by atoms with van der Waals surface area (Å²) in [6, 6.07) is 0. The van der Waals surface area contributed by atoms with Gasteiger partial charge in [0.05, 0.1) is 13.2 Å². The molecule has 0 heterocycles. The van der Waals surface area contributed by atoms with E-state index in [1.807, 2.05) is 13.8 Å². The standard InChI is InChI=1S/C12H26F2N2O/c1-4-5-15-9-12(2,3)10-16(6-7-17)8-11(13)14/h11,15,17H,4-10H2,1-3H3. The van der Waals surface area contributed by atoms with Crippen molar-refractivity contribution in [1.29, 1.82) is 0 Å². The van der Waals surface area contributed by atoms with Crippen molar-refractivity contribution in [3.63, 3.8) is 0 Å². The third-order valence-electron chi connectivity index (χ3n) is 2.49. The molecule has 0 amide bonds. The van der Waals surface area contributed by atoms with E-state index in [1.54, 1.807) is 4.90 Å². The molecule has 0 aliphatic carbocycles. The third kappa shape index (κ3) is 9.44. The number of hydrogen-bond acceptors (Lipinski definition) is 3. The number of rotatable bonds is 10. The van der Waals surface area contributed by atoms with Crippen LogP contribution >= 0.6 is 0 Å². The molecule has 0 aromatic rings. The molecule has 0 atom stereocenters. The van der Waals surface area contributed by atoms with E-state index in [4.69, 9.17) is 5.11 Å². The molecule has 0 radical (unpaired) electrons. The summed E-state index contributed by atoms with van der Waals surface area (Å²) in [5, 5.41) is 12.2. The van der Waals surface area contributed by atoms with Crippen molar-refractivity contribution in [2.45, 2.75) is 33.6 Å². The van der Waals surface area contributed by atoms with Crippen LogP contribution in [0.2, 0.25) is 0 Å². The second kappa shape index (κ2) is 8.78. The molecule has 0 bridgehead atoms. The predicted octanol–water partition coefficient (Wildman–Crippen LogP) is 1.57. The quantitative estimate of drug-likeness (QED) is 0.579. The van der Waals surface area contributed by atoms with E-state index in [2.05, 4.69) is 12.2 Å². The van der Waals surface area contributed by atoms with E-state index in [1.165, 1.54) is 0 Å². The zero-order valence-electron chi connectivity index (χ0n) is 11.2. The number of halogens is 2. The summed E-state index contributed by atoms with van der Waals surface area (Å²) in [4.78, 5) is 1.62. The van der Waals surface area contributed by atoms with Crippen molar-refractivity contribution >= 4 is 0 Å². The van der Waals surface area contributed by atoms with Crippen LogP contribution in [0.15, 0.2) is 0 Å². The average Bonchev–Trinajstić information content (AvgIpc) is 2.16. The fourth-order valence-corrected chi connectivity index (χ4v) is 1.84. The molecule has 3 nitrogen and oxygen atoms in total. The Labute approximate surface area is 103 Å². The van der Waals surface area contributed by atoms with Crippen molar-refractivity contribution in [1.82, 2.24) is 10.2 Å². The molecular weight excluding hydrogens is 226 g/mol. The first kappa shape index (κ1) is 16.7. The molecule has 0 aliphatic heterocycles. The van der Waals surface area contributed by atoms with Gasteiger partial charge in [-0.1, -0.05) is 20.8 Å². The molecule has 17 heavy (non-hydrogen) atoms. The van der Waals surface area contributed by atoms with Gasteiger partial charge in [-0.2, -0.15) is 0 Å². The molecule has 0 unspecified atom stereocenters. The summed E-state index contributed by atoms with van der Waals surface area (Å²) in [5.41, 5.74) is -0.0702. The molecule has 0 aromatic heterocycles. The van der Waals surface area contributed by atoms with Gasteiger partial charge in [-0.15, -0.1) is 0 Å². The van der Waals surface area contributed by atoms with Gasteiger partial charge in [-0.3, -0.25) is 4.90 Å². The monoisotopic (exact) mass is 252 g/mol. The molecule has 0 fully saturated rings. The first-order valence-electron chi connectivity index (χ1n) is 6.23. The summed E-state index contributed by atoms with van der Waals surface area (Å²) in [7, 11) is 0. The van der Waals surface area contributed by atoms with Crippen LogP contribution in [0.3, 0.4) is 0 Å². The van der Waals surface area contributed by atoms with Crippen molar-refractivity contribution < 1.29 is 13.9 Å². The summed E-state index contributed by atoms with van der Waals surface area (Å²) < 4.78 is 24.7. The summed E-state index contributed by atoms with van der Waals surface area (Å²) in [6.45, 7) is 8.45. The lowest BCUT2D eigenvalue weighted by Gasteiger charge is -2.32. The van der Waals surface area contributed by atoms with Crippen LogP contribution in [-0.4, -0.2) is 55.8 Å². The minimum absolute atomic E-state index is 0.0702. The Balaban J connectivity index is 4.10. The van der Waals surface area contributed by atoms with Crippen LogP contribution in [0.4, 0.5) is 8.78 Å². The first-order chi connectivity index (χ1) is 7.91. The molecule has 5 heteroatoms. The van der Waals surface area contributed by atoms with E-state index in [0.717, 1.165) is 19.5 Å². The zero-order valence-corrected chi connectivity index (χ0v) is 11.2. The fraction of sp³-hybridized carbons (Fsp3) is 1.00. The lowest BCUT2D eigenvalue weighted by atomic mass is 9.92. The Morgan fingerprint density at radius 1 is 1.35 bits per heavy atom. The third-order valence-corrected chi connectivity index (χ3v) is 2.49. The van der Waals surface area contributed by atoms with Crippen LogP contribution in [-0.2, 0) is 0 Å². The largest absolute Gasteiger partial charge is 0.395 e. The van der Waals surface area contributed by atoms with Gasteiger partial charge in [0.15, 0.2) is 0 Å². The van der Waals surface area contributed by atoms with Crippen LogP contribution in [0.5, 0.6) is 0 Å². The van der Waals surface area contributed by atoms with Gasteiger partial charge in [-0.05, 0) is 18.4 Å².